The number of piperidine rings is 1. The second-order valence-corrected chi connectivity index (χ2v) is 9.78. The van der Waals surface area contributed by atoms with Crippen molar-refractivity contribution >= 4 is 43.7 Å². The van der Waals surface area contributed by atoms with Crippen molar-refractivity contribution in [1.82, 2.24) is 9.88 Å². The average Bonchev–Trinajstić information content (AvgIpc) is 3.52. The zero-order valence-corrected chi connectivity index (χ0v) is 20.4. The van der Waals surface area contributed by atoms with E-state index in [0.717, 1.165) is 18.2 Å². The van der Waals surface area contributed by atoms with Crippen LogP contribution in [0.15, 0.2) is 77.2 Å². The Hall–Kier alpha value is -5.09. The van der Waals surface area contributed by atoms with Crippen LogP contribution in [0.25, 0.3) is 43.7 Å². The van der Waals surface area contributed by atoms with E-state index < -0.39 is 0 Å². The van der Waals surface area contributed by atoms with Crippen LogP contribution in [0.4, 0.5) is 0 Å². The summed E-state index contributed by atoms with van der Waals surface area (Å²) in [5.41, 5.74) is 4.81. The van der Waals surface area contributed by atoms with Crippen LogP contribution in [0.2, 0.25) is 0 Å². The zero-order chi connectivity index (χ0) is 25.8. The Kier molecular flexibility index (Phi) is 4.95. The van der Waals surface area contributed by atoms with Gasteiger partial charge < -0.3 is 8.98 Å². The molecule has 2 atom stereocenters. The molecule has 0 saturated carbocycles. The quantitative estimate of drug-likeness (QED) is 0.282. The Morgan fingerprint density at radius 1 is 0.711 bits per heavy atom. The number of fused-ring (bicyclic) bond motifs is 6. The van der Waals surface area contributed by atoms with Crippen LogP contribution in [0.3, 0.4) is 0 Å². The largest absolute Gasteiger partial charge is 0.455 e. The van der Waals surface area contributed by atoms with Crippen LogP contribution in [-0.4, -0.2) is 11.1 Å². The molecule has 2 unspecified atom stereocenters. The molecule has 0 aliphatic carbocycles. The van der Waals surface area contributed by atoms with Gasteiger partial charge in [0.2, 0.25) is 0 Å². The summed E-state index contributed by atoms with van der Waals surface area (Å²) in [5, 5.41) is 38.1. The molecule has 38 heavy (non-hydrogen) atoms. The molecule has 7 rings (SSSR count). The summed E-state index contributed by atoms with van der Waals surface area (Å²) in [4.78, 5) is 0. The number of nitrogens with one attached hydrogen (secondary N) is 1. The second kappa shape index (κ2) is 8.49. The van der Waals surface area contributed by atoms with Gasteiger partial charge in [-0.05, 0) is 42.5 Å². The summed E-state index contributed by atoms with van der Waals surface area (Å²) >= 11 is 0. The third-order valence-corrected chi connectivity index (χ3v) is 7.92. The van der Waals surface area contributed by atoms with Gasteiger partial charge in [0.1, 0.15) is 29.4 Å². The van der Waals surface area contributed by atoms with Crippen LogP contribution in [0.5, 0.6) is 0 Å². The van der Waals surface area contributed by atoms with Gasteiger partial charge in [-0.25, -0.2) is 0 Å². The molecule has 0 spiro atoms. The van der Waals surface area contributed by atoms with Crippen LogP contribution in [0.1, 0.15) is 47.2 Å². The molecule has 2 aromatic heterocycles. The van der Waals surface area contributed by atoms with Crippen LogP contribution in [-0.2, 0) is 0 Å². The van der Waals surface area contributed by atoms with E-state index in [1.54, 1.807) is 0 Å². The number of aromatic nitrogens is 1. The topological polar surface area (TPSA) is 101 Å². The summed E-state index contributed by atoms with van der Waals surface area (Å²) in [6, 6.07) is 31.2. The molecule has 1 saturated heterocycles. The Morgan fingerprint density at radius 2 is 1.32 bits per heavy atom. The standard InChI is InChI=1S/C32H21N5O/c33-15-23-24(16-34)32-31(22-9-3-6-12-28(22)38-32)25(17-35)30(23)19-13-14-29(36-18-19)37-26-10-4-1-7-20(26)21-8-2-5-11-27(21)37/h1-12,19,29,36H,13-14,18H2. The van der Waals surface area contributed by atoms with Crippen molar-refractivity contribution < 1.29 is 4.42 Å². The minimum Gasteiger partial charge on any atom is -0.455 e. The summed E-state index contributed by atoms with van der Waals surface area (Å²) in [6.45, 7) is 0.584. The summed E-state index contributed by atoms with van der Waals surface area (Å²) < 4.78 is 8.37. The lowest BCUT2D eigenvalue weighted by molar-refractivity contribution is 0.307. The lowest BCUT2D eigenvalue weighted by Gasteiger charge is -2.33. The SMILES string of the molecule is N#Cc1c(C2CCC(n3c4ccccc4c4ccccc43)NC2)c(C#N)c2c(oc3ccccc32)c1C#N. The van der Waals surface area contributed by atoms with Crippen molar-refractivity contribution in [2.24, 2.45) is 0 Å². The molecule has 0 bridgehead atoms. The molecule has 180 valence electrons. The first kappa shape index (κ1) is 22.1. The van der Waals surface area contributed by atoms with E-state index in [1.165, 1.54) is 21.8 Å². The van der Waals surface area contributed by atoms with Crippen molar-refractivity contribution in [1.29, 1.82) is 15.8 Å². The first-order valence-electron chi connectivity index (χ1n) is 12.7. The predicted molar refractivity (Wildman–Crippen MR) is 146 cm³/mol. The Labute approximate surface area is 218 Å². The molecule has 6 aromatic rings. The predicted octanol–water partition coefficient (Wildman–Crippen LogP) is 6.97. The number of benzene rings is 4. The van der Waals surface area contributed by atoms with E-state index in [4.69, 9.17) is 4.42 Å². The first-order chi connectivity index (χ1) is 18.7. The highest BCUT2D eigenvalue weighted by molar-refractivity contribution is 6.11. The highest BCUT2D eigenvalue weighted by atomic mass is 16.3. The average molecular weight is 492 g/mol. The van der Waals surface area contributed by atoms with Crippen LogP contribution in [0, 0.1) is 34.0 Å². The summed E-state index contributed by atoms with van der Waals surface area (Å²) in [5.74, 6) is -0.0891. The monoisotopic (exact) mass is 491 g/mol. The number of hydrogen-bond donors (Lipinski definition) is 1. The Morgan fingerprint density at radius 3 is 1.92 bits per heavy atom. The van der Waals surface area contributed by atoms with Crippen molar-refractivity contribution in [3.63, 3.8) is 0 Å². The maximum Gasteiger partial charge on any atom is 0.155 e. The van der Waals surface area contributed by atoms with Crippen molar-refractivity contribution in [2.75, 3.05) is 6.54 Å². The minimum atomic E-state index is -0.0891. The van der Waals surface area contributed by atoms with Gasteiger partial charge in [0.15, 0.2) is 5.58 Å². The number of furan rings is 1. The molecule has 1 aliphatic heterocycles. The smallest absolute Gasteiger partial charge is 0.155 e. The number of nitrogens with zero attached hydrogens (tertiary/aromatic N) is 4. The molecule has 0 radical (unpaired) electrons. The molecule has 4 aromatic carbocycles. The lowest BCUT2D eigenvalue weighted by Crippen LogP contribution is -2.36. The second-order valence-electron chi connectivity index (χ2n) is 9.78. The van der Waals surface area contributed by atoms with Gasteiger partial charge in [-0.15, -0.1) is 0 Å². The van der Waals surface area contributed by atoms with E-state index in [1.807, 2.05) is 24.3 Å². The van der Waals surface area contributed by atoms with Crippen molar-refractivity contribution in [3.05, 3.63) is 95.1 Å². The molecular weight excluding hydrogens is 470 g/mol. The van der Waals surface area contributed by atoms with E-state index >= 15 is 0 Å². The van der Waals surface area contributed by atoms with Gasteiger partial charge in [-0.2, -0.15) is 15.8 Å². The van der Waals surface area contributed by atoms with Gasteiger partial charge in [0.05, 0.1) is 28.3 Å². The van der Waals surface area contributed by atoms with E-state index in [2.05, 4.69) is 76.6 Å². The van der Waals surface area contributed by atoms with Gasteiger partial charge >= 0.3 is 0 Å². The molecule has 6 heteroatoms. The number of hydrogen-bond acceptors (Lipinski definition) is 5. The highest BCUT2D eigenvalue weighted by Gasteiger charge is 2.32. The third kappa shape index (κ3) is 3.01. The lowest BCUT2D eigenvalue weighted by atomic mass is 9.81. The van der Waals surface area contributed by atoms with Crippen molar-refractivity contribution in [2.45, 2.75) is 24.9 Å². The third-order valence-electron chi connectivity index (χ3n) is 7.92. The molecule has 1 aliphatic rings. The minimum absolute atomic E-state index is 0.0704. The molecule has 1 fully saturated rings. The summed E-state index contributed by atoms with van der Waals surface area (Å²) in [7, 11) is 0. The zero-order valence-electron chi connectivity index (χ0n) is 20.4. The fourth-order valence-corrected chi connectivity index (χ4v) is 6.32. The maximum atomic E-state index is 10.3. The summed E-state index contributed by atoms with van der Waals surface area (Å²) in [6.07, 6.45) is 1.66. The number of para-hydroxylation sites is 3. The van der Waals surface area contributed by atoms with E-state index in [0.29, 0.717) is 34.2 Å². The van der Waals surface area contributed by atoms with Crippen molar-refractivity contribution in [3.8, 4) is 18.2 Å². The fraction of sp³-hybridized carbons (Fsp3) is 0.156. The van der Waals surface area contributed by atoms with Crippen LogP contribution < -0.4 is 5.32 Å². The van der Waals surface area contributed by atoms with E-state index in [-0.39, 0.29) is 23.2 Å². The molecule has 6 nitrogen and oxygen atoms in total. The van der Waals surface area contributed by atoms with Crippen LogP contribution >= 0.6 is 0 Å². The first-order valence-corrected chi connectivity index (χ1v) is 12.7. The van der Waals surface area contributed by atoms with Gasteiger partial charge in [-0.3, -0.25) is 5.32 Å². The fourth-order valence-electron chi connectivity index (χ4n) is 6.32. The van der Waals surface area contributed by atoms with Gasteiger partial charge in [-0.1, -0.05) is 54.6 Å². The Balaban J connectivity index is 1.35. The molecular formula is C32H21N5O. The number of rotatable bonds is 2. The Bertz CT molecular complexity index is 1980. The van der Waals surface area contributed by atoms with Gasteiger partial charge in [0.25, 0.3) is 0 Å². The molecule has 0 amide bonds. The molecule has 3 heterocycles. The maximum absolute atomic E-state index is 10.3. The number of nitriles is 3. The normalized spacial score (nSPS) is 17.5. The molecule has 1 N–H and O–H groups in total. The van der Waals surface area contributed by atoms with Gasteiger partial charge in [0, 0.05) is 28.1 Å². The van der Waals surface area contributed by atoms with E-state index in [9.17, 15) is 15.8 Å². The highest BCUT2D eigenvalue weighted by Crippen LogP contribution is 2.43.